The number of carbonyl (C=O) groups is 2. The third-order valence-corrected chi connectivity index (χ3v) is 1.93. The van der Waals surface area contributed by atoms with E-state index in [0.717, 1.165) is 12.8 Å². The summed E-state index contributed by atoms with van der Waals surface area (Å²) >= 11 is 0. The molecule has 82 valence electrons. The summed E-state index contributed by atoms with van der Waals surface area (Å²) in [7, 11) is 0. The standard InChI is InChI=1S/C10H19NO3/c1-7(2)5-4-6-9(12)11-8(3)10(13)14/h7-8H,4-6H2,1-3H3,(H,11,12)(H,13,14)/t8-/m0/s1. The molecule has 0 aliphatic heterocycles. The Morgan fingerprint density at radius 3 is 2.29 bits per heavy atom. The van der Waals surface area contributed by atoms with Crippen LogP contribution in [0.3, 0.4) is 0 Å². The van der Waals surface area contributed by atoms with Crippen molar-refractivity contribution in [2.24, 2.45) is 5.92 Å². The van der Waals surface area contributed by atoms with Gasteiger partial charge in [-0.2, -0.15) is 0 Å². The van der Waals surface area contributed by atoms with Crippen LogP contribution in [0.5, 0.6) is 0 Å². The molecule has 0 radical (unpaired) electrons. The lowest BCUT2D eigenvalue weighted by atomic mass is 10.1. The normalized spacial score (nSPS) is 12.6. The van der Waals surface area contributed by atoms with Gasteiger partial charge in [-0.1, -0.05) is 20.3 Å². The van der Waals surface area contributed by atoms with E-state index in [9.17, 15) is 9.59 Å². The van der Waals surface area contributed by atoms with Gasteiger partial charge in [0.2, 0.25) is 5.91 Å². The van der Waals surface area contributed by atoms with Crippen LogP contribution in [0.25, 0.3) is 0 Å². The maximum atomic E-state index is 11.2. The summed E-state index contributed by atoms with van der Waals surface area (Å²) in [5.41, 5.74) is 0. The molecule has 0 aliphatic rings. The van der Waals surface area contributed by atoms with E-state index in [1.807, 2.05) is 0 Å². The predicted octanol–water partition coefficient (Wildman–Crippen LogP) is 1.40. The Morgan fingerprint density at radius 1 is 1.29 bits per heavy atom. The molecule has 0 heterocycles. The zero-order valence-electron chi connectivity index (χ0n) is 9.04. The average molecular weight is 201 g/mol. The number of aliphatic carboxylic acids is 1. The third kappa shape index (κ3) is 6.46. The molecule has 0 spiro atoms. The Kier molecular flexibility index (Phi) is 5.92. The fourth-order valence-electron chi connectivity index (χ4n) is 1.05. The molecule has 0 unspecified atom stereocenters. The number of rotatable bonds is 6. The molecule has 0 aliphatic carbocycles. The minimum Gasteiger partial charge on any atom is -0.480 e. The van der Waals surface area contributed by atoms with Gasteiger partial charge in [-0.05, 0) is 19.3 Å². The van der Waals surface area contributed by atoms with Gasteiger partial charge in [0.25, 0.3) is 0 Å². The van der Waals surface area contributed by atoms with E-state index in [2.05, 4.69) is 19.2 Å². The number of carboxylic acids is 1. The van der Waals surface area contributed by atoms with Crippen molar-refractivity contribution in [2.75, 3.05) is 0 Å². The second-order valence-corrected chi connectivity index (χ2v) is 3.91. The highest BCUT2D eigenvalue weighted by atomic mass is 16.4. The molecule has 0 aromatic heterocycles. The molecule has 0 aromatic rings. The molecule has 0 bridgehead atoms. The van der Waals surface area contributed by atoms with Gasteiger partial charge in [0.05, 0.1) is 0 Å². The molecule has 4 nitrogen and oxygen atoms in total. The van der Waals surface area contributed by atoms with Crippen molar-refractivity contribution < 1.29 is 14.7 Å². The van der Waals surface area contributed by atoms with Crippen LogP contribution in [-0.4, -0.2) is 23.0 Å². The van der Waals surface area contributed by atoms with Gasteiger partial charge in [-0.3, -0.25) is 9.59 Å². The maximum Gasteiger partial charge on any atom is 0.325 e. The largest absolute Gasteiger partial charge is 0.480 e. The maximum absolute atomic E-state index is 11.2. The minimum atomic E-state index is -0.998. The first-order chi connectivity index (χ1) is 6.43. The molecule has 0 rings (SSSR count). The van der Waals surface area contributed by atoms with Crippen molar-refractivity contribution >= 4 is 11.9 Å². The zero-order valence-corrected chi connectivity index (χ0v) is 9.04. The number of nitrogens with one attached hydrogen (secondary N) is 1. The van der Waals surface area contributed by atoms with E-state index in [1.165, 1.54) is 6.92 Å². The van der Waals surface area contributed by atoms with Crippen LogP contribution in [-0.2, 0) is 9.59 Å². The highest BCUT2D eigenvalue weighted by Crippen LogP contribution is 2.05. The average Bonchev–Trinajstić information content (AvgIpc) is 2.02. The zero-order chi connectivity index (χ0) is 11.1. The number of hydrogen-bond donors (Lipinski definition) is 2. The number of amides is 1. The molecule has 1 amide bonds. The summed E-state index contributed by atoms with van der Waals surface area (Å²) in [5.74, 6) is -0.595. The Bertz CT molecular complexity index is 202. The van der Waals surface area contributed by atoms with Crippen LogP contribution >= 0.6 is 0 Å². The van der Waals surface area contributed by atoms with Crippen molar-refractivity contribution in [3.05, 3.63) is 0 Å². The second kappa shape index (κ2) is 6.40. The molecular weight excluding hydrogens is 182 g/mol. The number of carbonyl (C=O) groups excluding carboxylic acids is 1. The second-order valence-electron chi connectivity index (χ2n) is 3.91. The summed E-state index contributed by atoms with van der Waals surface area (Å²) in [6.07, 6.45) is 2.22. The summed E-state index contributed by atoms with van der Waals surface area (Å²) in [5, 5.41) is 10.9. The Balaban J connectivity index is 3.60. The van der Waals surface area contributed by atoms with E-state index in [4.69, 9.17) is 5.11 Å². The quantitative estimate of drug-likeness (QED) is 0.682. The van der Waals surface area contributed by atoms with Gasteiger partial charge >= 0.3 is 5.97 Å². The first kappa shape index (κ1) is 12.9. The summed E-state index contributed by atoms with van der Waals surface area (Å²) in [4.78, 5) is 21.6. The molecule has 0 aromatic carbocycles. The van der Waals surface area contributed by atoms with Crippen molar-refractivity contribution in [2.45, 2.75) is 46.1 Å². The van der Waals surface area contributed by atoms with Gasteiger partial charge in [0.1, 0.15) is 6.04 Å². The molecule has 1 atom stereocenters. The van der Waals surface area contributed by atoms with Crippen LogP contribution in [0.1, 0.15) is 40.0 Å². The molecule has 0 fully saturated rings. The molecule has 2 N–H and O–H groups in total. The van der Waals surface area contributed by atoms with E-state index >= 15 is 0 Å². The highest BCUT2D eigenvalue weighted by Gasteiger charge is 2.13. The van der Waals surface area contributed by atoms with Crippen molar-refractivity contribution in [3.8, 4) is 0 Å². The van der Waals surface area contributed by atoms with Gasteiger partial charge < -0.3 is 10.4 Å². The van der Waals surface area contributed by atoms with E-state index in [0.29, 0.717) is 12.3 Å². The lowest BCUT2D eigenvalue weighted by Crippen LogP contribution is -2.38. The summed E-state index contributed by atoms with van der Waals surface area (Å²) in [6.45, 7) is 5.65. The van der Waals surface area contributed by atoms with E-state index in [-0.39, 0.29) is 5.91 Å². The Labute approximate surface area is 84.7 Å². The molecule has 0 saturated heterocycles. The van der Waals surface area contributed by atoms with Crippen LogP contribution in [0.15, 0.2) is 0 Å². The molecule has 14 heavy (non-hydrogen) atoms. The van der Waals surface area contributed by atoms with Gasteiger partial charge in [0, 0.05) is 6.42 Å². The number of hydrogen-bond acceptors (Lipinski definition) is 2. The van der Waals surface area contributed by atoms with Gasteiger partial charge in [-0.25, -0.2) is 0 Å². The first-order valence-electron chi connectivity index (χ1n) is 4.95. The summed E-state index contributed by atoms with van der Waals surface area (Å²) in [6, 6.07) is -0.790. The smallest absolute Gasteiger partial charge is 0.325 e. The molecule has 4 heteroatoms. The Hall–Kier alpha value is -1.06. The number of carboxylic acid groups (broad SMARTS) is 1. The van der Waals surface area contributed by atoms with Gasteiger partial charge in [0.15, 0.2) is 0 Å². The minimum absolute atomic E-state index is 0.180. The summed E-state index contributed by atoms with van der Waals surface area (Å²) < 4.78 is 0. The molecular formula is C10H19NO3. The van der Waals surface area contributed by atoms with Crippen molar-refractivity contribution in [1.29, 1.82) is 0 Å². The monoisotopic (exact) mass is 201 g/mol. The Morgan fingerprint density at radius 2 is 1.86 bits per heavy atom. The lowest BCUT2D eigenvalue weighted by molar-refractivity contribution is -0.141. The van der Waals surface area contributed by atoms with Crippen LogP contribution in [0.4, 0.5) is 0 Å². The van der Waals surface area contributed by atoms with Crippen LogP contribution in [0, 0.1) is 5.92 Å². The molecule has 0 saturated carbocycles. The fourth-order valence-corrected chi connectivity index (χ4v) is 1.05. The van der Waals surface area contributed by atoms with Crippen LogP contribution in [0.2, 0.25) is 0 Å². The third-order valence-electron chi connectivity index (χ3n) is 1.93. The van der Waals surface area contributed by atoms with Crippen LogP contribution < -0.4 is 5.32 Å². The SMILES string of the molecule is CC(C)CCCC(=O)N[C@@H](C)C(=O)O. The lowest BCUT2D eigenvalue weighted by Gasteiger charge is -2.09. The van der Waals surface area contributed by atoms with Gasteiger partial charge in [-0.15, -0.1) is 0 Å². The van der Waals surface area contributed by atoms with Crippen molar-refractivity contribution in [3.63, 3.8) is 0 Å². The highest BCUT2D eigenvalue weighted by molar-refractivity contribution is 5.83. The fraction of sp³-hybridized carbons (Fsp3) is 0.800. The predicted molar refractivity (Wildman–Crippen MR) is 53.9 cm³/mol. The topological polar surface area (TPSA) is 66.4 Å². The van der Waals surface area contributed by atoms with E-state index < -0.39 is 12.0 Å². The van der Waals surface area contributed by atoms with Crippen molar-refractivity contribution in [1.82, 2.24) is 5.32 Å². The van der Waals surface area contributed by atoms with E-state index in [1.54, 1.807) is 0 Å². The first-order valence-corrected chi connectivity index (χ1v) is 4.95.